The van der Waals surface area contributed by atoms with Gasteiger partial charge in [0, 0.05) is 12.7 Å². The largest absolute Gasteiger partial charge is 0.444 e. The van der Waals surface area contributed by atoms with Crippen LogP contribution in [0.2, 0.25) is 0 Å². The quantitative estimate of drug-likeness (QED) is 0.837. The minimum atomic E-state index is -0.501. The first kappa shape index (κ1) is 13.4. The predicted molar refractivity (Wildman–Crippen MR) is 65.4 cm³/mol. The number of nitrogens with one attached hydrogen (secondary N) is 1. The molecule has 0 radical (unpaired) electrons. The van der Waals surface area contributed by atoms with Crippen LogP contribution in [0.3, 0.4) is 0 Å². The lowest BCUT2D eigenvalue weighted by Crippen LogP contribution is -2.36. The van der Waals surface area contributed by atoms with Crippen molar-refractivity contribution in [1.29, 1.82) is 0 Å². The molecule has 17 heavy (non-hydrogen) atoms. The second kappa shape index (κ2) is 5.63. The molecule has 1 atom stereocenters. The minimum Gasteiger partial charge on any atom is -0.444 e. The molecule has 1 aromatic heterocycles. The molecule has 5 nitrogen and oxygen atoms in total. The Labute approximate surface area is 101 Å². The Kier molecular flexibility index (Phi) is 4.45. The topological polar surface area (TPSA) is 77.2 Å². The van der Waals surface area contributed by atoms with Gasteiger partial charge >= 0.3 is 6.09 Å². The number of nitrogens with two attached hydrogens (primary N) is 1. The number of pyridine rings is 1. The van der Waals surface area contributed by atoms with Crippen LogP contribution in [0.5, 0.6) is 0 Å². The lowest BCUT2D eigenvalue weighted by atomic mass is 10.2. The summed E-state index contributed by atoms with van der Waals surface area (Å²) in [4.78, 5) is 15.5. The zero-order chi connectivity index (χ0) is 12.9. The van der Waals surface area contributed by atoms with E-state index in [1.165, 1.54) is 0 Å². The third-order valence-electron chi connectivity index (χ3n) is 1.93. The fourth-order valence-electron chi connectivity index (χ4n) is 1.21. The normalized spacial score (nSPS) is 12.9. The zero-order valence-electron chi connectivity index (χ0n) is 10.4. The highest BCUT2D eigenvalue weighted by atomic mass is 16.6. The van der Waals surface area contributed by atoms with Crippen molar-refractivity contribution in [2.24, 2.45) is 5.73 Å². The summed E-state index contributed by atoms with van der Waals surface area (Å²) in [6, 6.07) is 5.16. The maximum Gasteiger partial charge on any atom is 0.407 e. The maximum atomic E-state index is 11.4. The Morgan fingerprint density at radius 1 is 1.53 bits per heavy atom. The van der Waals surface area contributed by atoms with Gasteiger partial charge in [0.15, 0.2) is 0 Å². The zero-order valence-corrected chi connectivity index (χ0v) is 10.4. The summed E-state index contributed by atoms with van der Waals surface area (Å²) in [7, 11) is 0. The predicted octanol–water partition coefficient (Wildman–Crippen LogP) is 1.61. The van der Waals surface area contributed by atoms with Crippen LogP contribution in [-0.2, 0) is 4.74 Å². The van der Waals surface area contributed by atoms with E-state index in [0.29, 0.717) is 6.54 Å². The molecular formula is C12H19N3O2. The Bertz CT molecular complexity index is 360. The summed E-state index contributed by atoms with van der Waals surface area (Å²) in [5, 5.41) is 2.61. The SMILES string of the molecule is CC(C)(C)OC(=O)NC[C@H](N)c1ccccn1. The van der Waals surface area contributed by atoms with Crippen molar-refractivity contribution in [1.82, 2.24) is 10.3 Å². The van der Waals surface area contributed by atoms with Crippen LogP contribution >= 0.6 is 0 Å². The average Bonchev–Trinajstić information content (AvgIpc) is 2.25. The molecule has 0 aliphatic carbocycles. The number of hydrogen-bond acceptors (Lipinski definition) is 4. The fraction of sp³-hybridized carbons (Fsp3) is 0.500. The molecule has 0 aromatic carbocycles. The van der Waals surface area contributed by atoms with Crippen molar-refractivity contribution in [2.75, 3.05) is 6.54 Å². The Balaban J connectivity index is 2.39. The van der Waals surface area contributed by atoms with Gasteiger partial charge in [0.25, 0.3) is 0 Å². The van der Waals surface area contributed by atoms with Crippen molar-refractivity contribution >= 4 is 6.09 Å². The van der Waals surface area contributed by atoms with E-state index in [2.05, 4.69) is 10.3 Å². The van der Waals surface area contributed by atoms with Crippen LogP contribution in [0.4, 0.5) is 4.79 Å². The van der Waals surface area contributed by atoms with E-state index in [-0.39, 0.29) is 6.04 Å². The highest BCUT2D eigenvalue weighted by Gasteiger charge is 2.16. The minimum absolute atomic E-state index is 0.298. The van der Waals surface area contributed by atoms with Crippen LogP contribution in [-0.4, -0.2) is 23.2 Å². The molecule has 94 valence electrons. The molecule has 0 aliphatic rings. The summed E-state index contributed by atoms with van der Waals surface area (Å²) in [5.74, 6) is 0. The monoisotopic (exact) mass is 237 g/mol. The summed E-state index contributed by atoms with van der Waals surface area (Å²) in [6.07, 6.45) is 1.20. The van der Waals surface area contributed by atoms with E-state index in [1.54, 1.807) is 6.20 Å². The van der Waals surface area contributed by atoms with Crippen molar-refractivity contribution < 1.29 is 9.53 Å². The van der Waals surface area contributed by atoms with E-state index in [4.69, 9.17) is 10.5 Å². The van der Waals surface area contributed by atoms with Gasteiger partial charge < -0.3 is 15.8 Å². The van der Waals surface area contributed by atoms with Gasteiger partial charge in [0.1, 0.15) is 5.60 Å². The molecule has 3 N–H and O–H groups in total. The Hall–Kier alpha value is -1.62. The third kappa shape index (κ3) is 5.31. The number of alkyl carbamates (subject to hydrolysis) is 1. The molecule has 0 bridgehead atoms. The lowest BCUT2D eigenvalue weighted by Gasteiger charge is -2.20. The third-order valence-corrected chi connectivity index (χ3v) is 1.93. The summed E-state index contributed by atoms with van der Waals surface area (Å²) < 4.78 is 5.10. The summed E-state index contributed by atoms with van der Waals surface area (Å²) in [6.45, 7) is 5.73. The molecule has 1 amide bonds. The van der Waals surface area contributed by atoms with Gasteiger partial charge in [-0.2, -0.15) is 0 Å². The number of aromatic nitrogens is 1. The number of carbonyl (C=O) groups excluding carboxylic acids is 1. The first-order chi connectivity index (χ1) is 7.88. The highest BCUT2D eigenvalue weighted by Crippen LogP contribution is 2.08. The molecule has 0 spiro atoms. The first-order valence-electron chi connectivity index (χ1n) is 5.52. The molecule has 5 heteroatoms. The molecule has 0 saturated carbocycles. The Morgan fingerprint density at radius 3 is 2.76 bits per heavy atom. The maximum absolute atomic E-state index is 11.4. The van der Waals surface area contributed by atoms with E-state index < -0.39 is 11.7 Å². The van der Waals surface area contributed by atoms with Crippen LogP contribution in [0.25, 0.3) is 0 Å². The van der Waals surface area contributed by atoms with Gasteiger partial charge in [-0.3, -0.25) is 4.98 Å². The molecular weight excluding hydrogens is 218 g/mol. The lowest BCUT2D eigenvalue weighted by molar-refractivity contribution is 0.0524. The van der Waals surface area contributed by atoms with Crippen LogP contribution in [0.15, 0.2) is 24.4 Å². The van der Waals surface area contributed by atoms with Gasteiger partial charge in [-0.05, 0) is 32.9 Å². The summed E-state index contributed by atoms with van der Waals surface area (Å²) >= 11 is 0. The van der Waals surface area contributed by atoms with Crippen LogP contribution in [0.1, 0.15) is 32.5 Å². The summed E-state index contributed by atoms with van der Waals surface area (Å²) in [5.41, 5.74) is 6.11. The van der Waals surface area contributed by atoms with Crippen LogP contribution < -0.4 is 11.1 Å². The standard InChI is InChI=1S/C12H19N3O2/c1-12(2,3)17-11(16)15-8-9(13)10-6-4-5-7-14-10/h4-7,9H,8,13H2,1-3H3,(H,15,16)/t9-/m0/s1. The average molecular weight is 237 g/mol. The van der Waals surface area contributed by atoms with E-state index in [9.17, 15) is 4.79 Å². The van der Waals surface area contributed by atoms with Gasteiger partial charge in [-0.25, -0.2) is 4.79 Å². The van der Waals surface area contributed by atoms with E-state index in [1.807, 2.05) is 39.0 Å². The van der Waals surface area contributed by atoms with E-state index >= 15 is 0 Å². The molecule has 0 unspecified atom stereocenters. The van der Waals surface area contributed by atoms with Crippen LogP contribution in [0, 0.1) is 0 Å². The highest BCUT2D eigenvalue weighted by molar-refractivity contribution is 5.67. The van der Waals surface area contributed by atoms with Gasteiger partial charge in [-0.1, -0.05) is 6.07 Å². The Morgan fingerprint density at radius 2 is 2.24 bits per heavy atom. The van der Waals surface area contributed by atoms with Gasteiger partial charge in [0.2, 0.25) is 0 Å². The van der Waals surface area contributed by atoms with Crippen molar-refractivity contribution in [3.8, 4) is 0 Å². The van der Waals surface area contributed by atoms with E-state index in [0.717, 1.165) is 5.69 Å². The molecule has 0 aliphatic heterocycles. The number of nitrogens with zero attached hydrogens (tertiary/aromatic N) is 1. The number of amides is 1. The smallest absolute Gasteiger partial charge is 0.407 e. The molecule has 1 aromatic rings. The number of rotatable bonds is 3. The molecule has 0 saturated heterocycles. The van der Waals surface area contributed by atoms with Gasteiger partial charge in [-0.15, -0.1) is 0 Å². The first-order valence-corrected chi connectivity index (χ1v) is 5.52. The van der Waals surface area contributed by atoms with Crippen molar-refractivity contribution in [3.05, 3.63) is 30.1 Å². The van der Waals surface area contributed by atoms with Gasteiger partial charge in [0.05, 0.1) is 11.7 Å². The fourth-order valence-corrected chi connectivity index (χ4v) is 1.21. The van der Waals surface area contributed by atoms with Crippen molar-refractivity contribution in [2.45, 2.75) is 32.4 Å². The second-order valence-electron chi connectivity index (χ2n) is 4.74. The number of ether oxygens (including phenoxy) is 1. The molecule has 1 heterocycles. The number of hydrogen-bond donors (Lipinski definition) is 2. The number of carbonyl (C=O) groups is 1. The second-order valence-corrected chi connectivity index (χ2v) is 4.74. The molecule has 1 rings (SSSR count). The van der Waals surface area contributed by atoms with Crippen molar-refractivity contribution in [3.63, 3.8) is 0 Å². The molecule has 0 fully saturated rings.